The Hall–Kier alpha value is -1.64. The molecule has 1 N–H and O–H groups in total. The Morgan fingerprint density at radius 2 is 1.93 bits per heavy atom. The second-order valence-corrected chi connectivity index (χ2v) is 3.75. The normalized spacial score (nSPS) is 10.9. The zero-order valence-corrected chi connectivity index (χ0v) is 9.32. The van der Waals surface area contributed by atoms with Crippen LogP contribution in [-0.2, 0) is 4.79 Å². The Bertz CT molecular complexity index is 352. The highest BCUT2D eigenvalue weighted by molar-refractivity contribution is 5.81. The number of hydrazone groups is 1. The van der Waals surface area contributed by atoms with Crippen molar-refractivity contribution in [1.29, 1.82) is 0 Å². The van der Waals surface area contributed by atoms with Gasteiger partial charge in [-0.2, -0.15) is 5.10 Å². The van der Waals surface area contributed by atoms with Crippen molar-refractivity contribution in [3.8, 4) is 0 Å². The Kier molecular flexibility index (Phi) is 4.03. The molecular formula is C12H16N2O. The summed E-state index contributed by atoms with van der Waals surface area (Å²) in [6, 6.07) is 8.11. The maximum absolute atomic E-state index is 10.6. The van der Waals surface area contributed by atoms with Crippen LogP contribution in [0.5, 0.6) is 0 Å². The predicted octanol–water partition coefficient (Wildman–Crippen LogP) is 2.28. The van der Waals surface area contributed by atoms with Gasteiger partial charge in [0.25, 0.3) is 0 Å². The van der Waals surface area contributed by atoms with Crippen LogP contribution in [-0.4, -0.2) is 12.1 Å². The summed E-state index contributed by atoms with van der Waals surface area (Å²) in [5.41, 5.74) is 4.64. The van der Waals surface area contributed by atoms with Crippen LogP contribution in [0.3, 0.4) is 0 Å². The number of nitrogens with one attached hydrogen (secondary N) is 1. The third-order valence-corrected chi connectivity index (χ3v) is 2.04. The van der Waals surface area contributed by atoms with Crippen LogP contribution in [0, 0.1) is 0 Å². The zero-order valence-electron chi connectivity index (χ0n) is 9.32. The van der Waals surface area contributed by atoms with Gasteiger partial charge in [0.15, 0.2) is 0 Å². The molecule has 3 heteroatoms. The van der Waals surface area contributed by atoms with Gasteiger partial charge in [0.1, 0.15) is 0 Å². The summed E-state index contributed by atoms with van der Waals surface area (Å²) in [5, 5.41) is 3.79. The SMILES string of the molecule is CC(=O)N/N=C\c1ccc(C(C)C)cc1. The van der Waals surface area contributed by atoms with Crippen molar-refractivity contribution in [1.82, 2.24) is 5.43 Å². The monoisotopic (exact) mass is 204 g/mol. The number of carbonyl (C=O) groups is 1. The van der Waals surface area contributed by atoms with E-state index in [9.17, 15) is 4.79 Å². The first kappa shape index (κ1) is 11.4. The number of hydrogen-bond acceptors (Lipinski definition) is 2. The van der Waals surface area contributed by atoms with E-state index in [4.69, 9.17) is 0 Å². The van der Waals surface area contributed by atoms with Gasteiger partial charge in [-0.1, -0.05) is 38.1 Å². The van der Waals surface area contributed by atoms with Gasteiger partial charge in [-0.05, 0) is 17.0 Å². The maximum Gasteiger partial charge on any atom is 0.236 e. The minimum atomic E-state index is -0.162. The van der Waals surface area contributed by atoms with Crippen LogP contribution in [0.4, 0.5) is 0 Å². The summed E-state index contributed by atoms with van der Waals surface area (Å²) in [4.78, 5) is 10.6. The molecule has 0 bridgehead atoms. The second-order valence-electron chi connectivity index (χ2n) is 3.75. The first-order chi connectivity index (χ1) is 7.09. The Morgan fingerprint density at radius 3 is 2.40 bits per heavy atom. The van der Waals surface area contributed by atoms with E-state index >= 15 is 0 Å². The van der Waals surface area contributed by atoms with Crippen LogP contribution in [0.2, 0.25) is 0 Å². The first-order valence-electron chi connectivity index (χ1n) is 4.99. The lowest BCUT2D eigenvalue weighted by atomic mass is 10.0. The van der Waals surface area contributed by atoms with Crippen molar-refractivity contribution in [3.05, 3.63) is 35.4 Å². The van der Waals surface area contributed by atoms with E-state index in [2.05, 4.69) is 36.5 Å². The minimum Gasteiger partial charge on any atom is -0.274 e. The molecule has 3 nitrogen and oxygen atoms in total. The summed E-state index contributed by atoms with van der Waals surface area (Å²) < 4.78 is 0. The summed E-state index contributed by atoms with van der Waals surface area (Å²) in [7, 11) is 0. The highest BCUT2D eigenvalue weighted by Crippen LogP contribution is 2.13. The smallest absolute Gasteiger partial charge is 0.236 e. The third kappa shape index (κ3) is 3.94. The molecule has 0 saturated carbocycles. The molecule has 1 amide bonds. The fourth-order valence-corrected chi connectivity index (χ4v) is 1.16. The van der Waals surface area contributed by atoms with Gasteiger partial charge < -0.3 is 0 Å². The van der Waals surface area contributed by atoms with Crippen LogP contribution in [0.1, 0.15) is 37.8 Å². The van der Waals surface area contributed by atoms with Crippen molar-refractivity contribution in [2.75, 3.05) is 0 Å². The lowest BCUT2D eigenvalue weighted by molar-refractivity contribution is -0.118. The van der Waals surface area contributed by atoms with Crippen molar-refractivity contribution in [3.63, 3.8) is 0 Å². The van der Waals surface area contributed by atoms with E-state index in [1.54, 1.807) is 6.21 Å². The van der Waals surface area contributed by atoms with Gasteiger partial charge >= 0.3 is 0 Å². The van der Waals surface area contributed by atoms with Crippen LogP contribution >= 0.6 is 0 Å². The van der Waals surface area contributed by atoms with Crippen molar-refractivity contribution >= 4 is 12.1 Å². The fraction of sp³-hybridized carbons (Fsp3) is 0.333. The molecule has 0 aromatic heterocycles. The van der Waals surface area contributed by atoms with Gasteiger partial charge in [-0.25, -0.2) is 5.43 Å². The summed E-state index contributed by atoms with van der Waals surface area (Å²) in [5.74, 6) is 0.372. The molecule has 0 aliphatic rings. The van der Waals surface area contributed by atoms with Crippen LogP contribution in [0.25, 0.3) is 0 Å². The highest BCUT2D eigenvalue weighted by Gasteiger charge is 1.97. The molecular weight excluding hydrogens is 188 g/mol. The number of carbonyl (C=O) groups excluding carboxylic acids is 1. The van der Waals surface area contributed by atoms with E-state index in [1.165, 1.54) is 12.5 Å². The first-order valence-corrected chi connectivity index (χ1v) is 4.99. The van der Waals surface area contributed by atoms with Gasteiger partial charge in [0.2, 0.25) is 5.91 Å². The molecule has 80 valence electrons. The number of amides is 1. The number of nitrogens with zero attached hydrogens (tertiary/aromatic N) is 1. The topological polar surface area (TPSA) is 41.5 Å². The van der Waals surface area contributed by atoms with Gasteiger partial charge in [0.05, 0.1) is 6.21 Å². The molecule has 15 heavy (non-hydrogen) atoms. The van der Waals surface area contributed by atoms with Crippen LogP contribution in [0.15, 0.2) is 29.4 Å². The Labute approximate surface area is 90.2 Å². The summed E-state index contributed by atoms with van der Waals surface area (Å²) >= 11 is 0. The molecule has 0 aliphatic carbocycles. The van der Waals surface area contributed by atoms with Gasteiger partial charge in [-0.15, -0.1) is 0 Å². The lowest BCUT2D eigenvalue weighted by Gasteiger charge is -2.04. The molecule has 1 rings (SSSR count). The Balaban J connectivity index is 2.64. The molecule has 0 fully saturated rings. The standard InChI is InChI=1S/C12H16N2O/c1-9(2)12-6-4-11(5-7-12)8-13-14-10(3)15/h4-9H,1-3H3,(H,14,15)/b13-8-. The van der Waals surface area contributed by atoms with Gasteiger partial charge in [-0.3, -0.25) is 4.79 Å². The average molecular weight is 204 g/mol. The fourth-order valence-electron chi connectivity index (χ4n) is 1.16. The molecule has 0 unspecified atom stereocenters. The van der Waals surface area contributed by atoms with E-state index < -0.39 is 0 Å². The molecule has 0 saturated heterocycles. The van der Waals surface area contributed by atoms with Gasteiger partial charge in [0, 0.05) is 6.92 Å². The molecule has 0 atom stereocenters. The summed E-state index contributed by atoms with van der Waals surface area (Å²) in [6.45, 7) is 5.74. The minimum absolute atomic E-state index is 0.162. The number of rotatable bonds is 3. The molecule has 0 heterocycles. The predicted molar refractivity (Wildman–Crippen MR) is 61.9 cm³/mol. The number of benzene rings is 1. The highest BCUT2D eigenvalue weighted by atomic mass is 16.2. The van der Waals surface area contributed by atoms with Crippen molar-refractivity contribution in [2.45, 2.75) is 26.7 Å². The molecule has 0 spiro atoms. The molecule has 1 aromatic rings. The van der Waals surface area contributed by atoms with E-state index in [-0.39, 0.29) is 5.91 Å². The molecule has 0 aliphatic heterocycles. The maximum atomic E-state index is 10.6. The van der Waals surface area contributed by atoms with E-state index in [0.29, 0.717) is 5.92 Å². The Morgan fingerprint density at radius 1 is 1.33 bits per heavy atom. The van der Waals surface area contributed by atoms with Crippen molar-refractivity contribution in [2.24, 2.45) is 5.10 Å². The van der Waals surface area contributed by atoms with Crippen molar-refractivity contribution < 1.29 is 4.79 Å². The quantitative estimate of drug-likeness (QED) is 0.595. The number of hydrogen-bond donors (Lipinski definition) is 1. The molecule has 0 radical (unpaired) electrons. The van der Waals surface area contributed by atoms with E-state index in [0.717, 1.165) is 5.56 Å². The zero-order chi connectivity index (χ0) is 11.3. The lowest BCUT2D eigenvalue weighted by Crippen LogP contribution is -2.12. The van der Waals surface area contributed by atoms with Crippen LogP contribution < -0.4 is 5.43 Å². The largest absolute Gasteiger partial charge is 0.274 e. The third-order valence-electron chi connectivity index (χ3n) is 2.04. The molecule has 1 aromatic carbocycles. The van der Waals surface area contributed by atoms with E-state index in [1.807, 2.05) is 12.1 Å². The second kappa shape index (κ2) is 5.29. The average Bonchev–Trinajstić information content (AvgIpc) is 2.18. The summed E-state index contributed by atoms with van der Waals surface area (Å²) in [6.07, 6.45) is 1.63.